The van der Waals surface area contributed by atoms with E-state index in [1.807, 2.05) is 24.3 Å². The highest BCUT2D eigenvalue weighted by atomic mass is 19.1. The number of pyridine rings is 1. The highest BCUT2D eigenvalue weighted by Crippen LogP contribution is 2.31. The number of hydrogen-bond donors (Lipinski definition) is 1. The van der Waals surface area contributed by atoms with Crippen LogP contribution in [0.2, 0.25) is 0 Å². The van der Waals surface area contributed by atoms with Crippen LogP contribution in [-0.2, 0) is 6.54 Å². The van der Waals surface area contributed by atoms with Gasteiger partial charge in [0.1, 0.15) is 11.6 Å². The number of rotatable bonds is 3. The Morgan fingerprint density at radius 2 is 1.90 bits per heavy atom. The van der Waals surface area contributed by atoms with Crippen LogP contribution in [0.4, 0.5) is 4.39 Å². The van der Waals surface area contributed by atoms with E-state index in [-0.39, 0.29) is 5.82 Å². The van der Waals surface area contributed by atoms with E-state index in [0.717, 1.165) is 21.9 Å². The number of fused-ring (bicyclic) bond motifs is 1. The number of hydrogen-bond acceptors (Lipinski definition) is 3. The Morgan fingerprint density at radius 1 is 1.14 bits per heavy atom. The van der Waals surface area contributed by atoms with Crippen molar-refractivity contribution >= 4 is 10.8 Å². The Labute approximate surface area is 122 Å². The molecule has 0 aliphatic heterocycles. The summed E-state index contributed by atoms with van der Waals surface area (Å²) >= 11 is 0. The second-order valence-corrected chi connectivity index (χ2v) is 4.85. The molecular weight excluding hydrogens is 267 g/mol. The summed E-state index contributed by atoms with van der Waals surface area (Å²) < 4.78 is 19.0. The van der Waals surface area contributed by atoms with Crippen molar-refractivity contribution in [2.45, 2.75) is 13.5 Å². The maximum Gasteiger partial charge on any atom is 0.227 e. The summed E-state index contributed by atoms with van der Waals surface area (Å²) in [5, 5.41) is 1.91. The van der Waals surface area contributed by atoms with Crippen LogP contribution in [0.15, 0.2) is 48.7 Å². The smallest absolute Gasteiger partial charge is 0.227 e. The van der Waals surface area contributed by atoms with Crippen molar-refractivity contribution in [2.75, 3.05) is 0 Å². The van der Waals surface area contributed by atoms with Gasteiger partial charge in [-0.1, -0.05) is 18.2 Å². The number of nitrogens with zero attached hydrogens (tertiary/aromatic N) is 1. The number of ether oxygens (including phenoxy) is 1. The van der Waals surface area contributed by atoms with E-state index in [9.17, 15) is 4.39 Å². The summed E-state index contributed by atoms with van der Waals surface area (Å²) in [6, 6.07) is 12.2. The van der Waals surface area contributed by atoms with Gasteiger partial charge in [0.15, 0.2) is 0 Å². The molecule has 0 bridgehead atoms. The molecule has 3 rings (SSSR count). The number of aryl methyl sites for hydroxylation is 1. The Balaban J connectivity index is 2.09. The lowest BCUT2D eigenvalue weighted by Gasteiger charge is -2.12. The number of benzene rings is 2. The minimum absolute atomic E-state index is 0.281. The average Bonchev–Trinajstić information content (AvgIpc) is 2.50. The van der Waals surface area contributed by atoms with E-state index in [2.05, 4.69) is 4.98 Å². The molecule has 106 valence electrons. The molecule has 0 radical (unpaired) electrons. The third kappa shape index (κ3) is 2.58. The van der Waals surface area contributed by atoms with Gasteiger partial charge in [0.05, 0.1) is 0 Å². The Hall–Kier alpha value is -2.46. The van der Waals surface area contributed by atoms with Crippen LogP contribution in [0.1, 0.15) is 11.1 Å². The van der Waals surface area contributed by atoms with Gasteiger partial charge in [0.2, 0.25) is 5.88 Å². The van der Waals surface area contributed by atoms with Crippen LogP contribution >= 0.6 is 0 Å². The van der Waals surface area contributed by atoms with Gasteiger partial charge in [-0.25, -0.2) is 9.37 Å². The molecule has 0 atom stereocenters. The molecule has 2 aromatic carbocycles. The van der Waals surface area contributed by atoms with E-state index in [1.54, 1.807) is 19.2 Å². The molecule has 0 aliphatic rings. The summed E-state index contributed by atoms with van der Waals surface area (Å²) in [5.74, 6) is 0.809. The molecule has 1 aromatic heterocycles. The zero-order chi connectivity index (χ0) is 14.8. The zero-order valence-corrected chi connectivity index (χ0v) is 11.6. The Kier molecular flexibility index (Phi) is 3.54. The van der Waals surface area contributed by atoms with E-state index in [1.165, 1.54) is 12.1 Å². The molecular formula is C17H15FN2O. The van der Waals surface area contributed by atoms with Gasteiger partial charge in [-0.2, -0.15) is 0 Å². The summed E-state index contributed by atoms with van der Waals surface area (Å²) in [6.45, 7) is 2.22. The van der Waals surface area contributed by atoms with Crippen LogP contribution in [0.5, 0.6) is 11.6 Å². The fourth-order valence-electron chi connectivity index (χ4n) is 2.30. The molecule has 4 heteroatoms. The summed E-state index contributed by atoms with van der Waals surface area (Å²) in [4.78, 5) is 4.34. The van der Waals surface area contributed by atoms with Gasteiger partial charge in [-0.15, -0.1) is 0 Å². The highest BCUT2D eigenvalue weighted by Gasteiger charge is 2.10. The first-order chi connectivity index (χ1) is 10.2. The van der Waals surface area contributed by atoms with Crippen molar-refractivity contribution < 1.29 is 9.13 Å². The Bertz CT molecular complexity index is 802. The topological polar surface area (TPSA) is 48.1 Å². The molecule has 0 saturated heterocycles. The van der Waals surface area contributed by atoms with Gasteiger partial charge >= 0.3 is 0 Å². The second-order valence-electron chi connectivity index (χ2n) is 4.85. The van der Waals surface area contributed by atoms with Gasteiger partial charge < -0.3 is 10.5 Å². The van der Waals surface area contributed by atoms with Crippen molar-refractivity contribution in [2.24, 2.45) is 5.73 Å². The monoisotopic (exact) mass is 282 g/mol. The van der Waals surface area contributed by atoms with Crippen molar-refractivity contribution in [3.8, 4) is 11.6 Å². The SMILES string of the molecule is Cc1cc(F)ccc1Oc1ncc(CN)c2ccccc12. The highest BCUT2D eigenvalue weighted by molar-refractivity contribution is 5.89. The number of aromatic nitrogens is 1. The van der Waals surface area contributed by atoms with E-state index >= 15 is 0 Å². The second kappa shape index (κ2) is 5.50. The van der Waals surface area contributed by atoms with Gasteiger partial charge in [-0.05, 0) is 47.7 Å². The first kappa shape index (κ1) is 13.5. The first-order valence-corrected chi connectivity index (χ1v) is 6.69. The minimum Gasteiger partial charge on any atom is -0.438 e. The van der Waals surface area contributed by atoms with Crippen LogP contribution in [0.25, 0.3) is 10.8 Å². The zero-order valence-electron chi connectivity index (χ0n) is 11.6. The normalized spacial score (nSPS) is 10.8. The lowest BCUT2D eigenvalue weighted by Crippen LogP contribution is -2.00. The van der Waals surface area contributed by atoms with Crippen molar-refractivity contribution in [1.82, 2.24) is 4.98 Å². The van der Waals surface area contributed by atoms with Crippen LogP contribution < -0.4 is 10.5 Å². The van der Waals surface area contributed by atoms with Crippen LogP contribution in [-0.4, -0.2) is 4.98 Å². The molecule has 0 fully saturated rings. The molecule has 0 spiro atoms. The lowest BCUT2D eigenvalue weighted by atomic mass is 10.1. The first-order valence-electron chi connectivity index (χ1n) is 6.69. The lowest BCUT2D eigenvalue weighted by molar-refractivity contribution is 0.463. The number of nitrogens with two attached hydrogens (primary N) is 1. The molecule has 3 nitrogen and oxygen atoms in total. The summed E-state index contributed by atoms with van der Waals surface area (Å²) in [5.41, 5.74) is 7.43. The van der Waals surface area contributed by atoms with Gasteiger partial charge in [0.25, 0.3) is 0 Å². The van der Waals surface area contributed by atoms with Crippen LogP contribution in [0, 0.1) is 12.7 Å². The summed E-state index contributed by atoms with van der Waals surface area (Å²) in [7, 11) is 0. The molecule has 21 heavy (non-hydrogen) atoms. The van der Waals surface area contributed by atoms with Crippen molar-refractivity contribution in [1.29, 1.82) is 0 Å². The van der Waals surface area contributed by atoms with E-state index in [0.29, 0.717) is 18.2 Å². The average molecular weight is 282 g/mol. The third-order valence-corrected chi connectivity index (χ3v) is 3.40. The largest absolute Gasteiger partial charge is 0.438 e. The van der Waals surface area contributed by atoms with Crippen molar-refractivity contribution in [3.63, 3.8) is 0 Å². The minimum atomic E-state index is -0.281. The predicted molar refractivity (Wildman–Crippen MR) is 80.8 cm³/mol. The molecule has 0 unspecified atom stereocenters. The van der Waals surface area contributed by atoms with Crippen LogP contribution in [0.3, 0.4) is 0 Å². The standard InChI is InChI=1S/C17H15FN2O/c1-11-8-13(18)6-7-16(11)21-17-15-5-3-2-4-14(15)12(9-19)10-20-17/h2-8,10H,9,19H2,1H3. The third-order valence-electron chi connectivity index (χ3n) is 3.40. The molecule has 3 aromatic rings. The molecule has 1 heterocycles. The van der Waals surface area contributed by atoms with E-state index in [4.69, 9.17) is 10.5 Å². The molecule has 0 saturated carbocycles. The fourth-order valence-corrected chi connectivity index (χ4v) is 2.30. The Morgan fingerprint density at radius 3 is 2.62 bits per heavy atom. The summed E-state index contributed by atoms with van der Waals surface area (Å²) in [6.07, 6.45) is 1.72. The van der Waals surface area contributed by atoms with Crippen molar-refractivity contribution in [3.05, 3.63) is 65.6 Å². The molecule has 2 N–H and O–H groups in total. The fraction of sp³-hybridized carbons (Fsp3) is 0.118. The number of halogens is 1. The molecule has 0 amide bonds. The maximum absolute atomic E-state index is 13.2. The van der Waals surface area contributed by atoms with E-state index < -0.39 is 0 Å². The quantitative estimate of drug-likeness (QED) is 0.791. The maximum atomic E-state index is 13.2. The van der Waals surface area contributed by atoms with Gasteiger partial charge in [0, 0.05) is 18.1 Å². The molecule has 0 aliphatic carbocycles. The predicted octanol–water partition coefficient (Wildman–Crippen LogP) is 3.93. The van der Waals surface area contributed by atoms with Gasteiger partial charge in [-0.3, -0.25) is 0 Å².